The zero-order valence-electron chi connectivity index (χ0n) is 6.81. The Hall–Kier alpha value is -0.850. The lowest BCUT2D eigenvalue weighted by atomic mass is 9.90. The molecule has 0 heterocycles. The van der Waals surface area contributed by atoms with Crippen LogP contribution in [-0.2, 0) is 4.79 Å². The van der Waals surface area contributed by atoms with E-state index in [0.717, 1.165) is 31.3 Å². The summed E-state index contributed by atoms with van der Waals surface area (Å²) >= 11 is 0. The number of ketones is 1. The van der Waals surface area contributed by atoms with E-state index >= 15 is 0 Å². The summed E-state index contributed by atoms with van der Waals surface area (Å²) in [5.74, 6) is 0.373. The lowest BCUT2D eigenvalue weighted by Gasteiger charge is -2.13. The van der Waals surface area contributed by atoms with Crippen LogP contribution < -0.4 is 0 Å². The highest BCUT2D eigenvalue weighted by Crippen LogP contribution is 2.34. The molecule has 1 heteroatoms. The first-order chi connectivity index (χ1) is 5.29. The first-order valence-corrected chi connectivity index (χ1v) is 4.21. The molecule has 0 bridgehead atoms. The van der Waals surface area contributed by atoms with Crippen LogP contribution in [0, 0.1) is 0 Å². The van der Waals surface area contributed by atoms with Gasteiger partial charge in [-0.25, -0.2) is 0 Å². The van der Waals surface area contributed by atoms with Crippen molar-refractivity contribution in [3.05, 3.63) is 22.8 Å². The molecule has 0 radical (unpaired) electrons. The topological polar surface area (TPSA) is 17.1 Å². The third-order valence-corrected chi connectivity index (χ3v) is 2.56. The summed E-state index contributed by atoms with van der Waals surface area (Å²) in [6.45, 7) is 2.05. The van der Waals surface area contributed by atoms with Gasteiger partial charge in [0.2, 0.25) is 0 Å². The SMILES string of the molecule is CC1=CCC2=C1C(=O)CCC2. The van der Waals surface area contributed by atoms with Gasteiger partial charge in [-0.1, -0.05) is 11.6 Å². The van der Waals surface area contributed by atoms with Gasteiger partial charge in [0.05, 0.1) is 0 Å². The predicted molar refractivity (Wildman–Crippen MR) is 44.3 cm³/mol. The standard InChI is InChI=1S/C10H12O/c1-7-5-6-8-3-2-4-9(11)10(7)8/h5H,2-4,6H2,1H3. The number of hydrogen-bond donors (Lipinski definition) is 0. The molecule has 0 aromatic rings. The zero-order chi connectivity index (χ0) is 7.84. The van der Waals surface area contributed by atoms with Crippen molar-refractivity contribution in [2.75, 3.05) is 0 Å². The molecule has 2 rings (SSSR count). The second kappa shape index (κ2) is 2.33. The predicted octanol–water partition coefficient (Wildman–Crippen LogP) is 2.39. The van der Waals surface area contributed by atoms with E-state index in [4.69, 9.17) is 0 Å². The molecule has 1 nitrogen and oxygen atoms in total. The minimum atomic E-state index is 0.373. The Bertz CT molecular complexity index is 269. The van der Waals surface area contributed by atoms with Crippen LogP contribution >= 0.6 is 0 Å². The van der Waals surface area contributed by atoms with Crippen molar-refractivity contribution in [1.29, 1.82) is 0 Å². The van der Waals surface area contributed by atoms with Crippen molar-refractivity contribution in [2.24, 2.45) is 0 Å². The molecule has 0 N–H and O–H groups in total. The summed E-state index contributed by atoms with van der Waals surface area (Å²) in [7, 11) is 0. The number of allylic oxidation sites excluding steroid dienone is 4. The van der Waals surface area contributed by atoms with E-state index < -0.39 is 0 Å². The quantitative estimate of drug-likeness (QED) is 0.515. The van der Waals surface area contributed by atoms with Crippen molar-refractivity contribution < 1.29 is 4.79 Å². The van der Waals surface area contributed by atoms with Gasteiger partial charge < -0.3 is 0 Å². The summed E-state index contributed by atoms with van der Waals surface area (Å²) in [5, 5.41) is 0. The Morgan fingerprint density at radius 2 is 2.18 bits per heavy atom. The second-order valence-electron chi connectivity index (χ2n) is 3.35. The molecule has 0 saturated heterocycles. The van der Waals surface area contributed by atoms with Crippen LogP contribution in [0.1, 0.15) is 32.6 Å². The first-order valence-electron chi connectivity index (χ1n) is 4.21. The van der Waals surface area contributed by atoms with Crippen LogP contribution in [0.2, 0.25) is 0 Å². The Morgan fingerprint density at radius 1 is 1.36 bits per heavy atom. The van der Waals surface area contributed by atoms with E-state index in [2.05, 4.69) is 6.08 Å². The Kier molecular flexibility index (Phi) is 1.45. The van der Waals surface area contributed by atoms with Crippen molar-refractivity contribution >= 4 is 5.78 Å². The fraction of sp³-hybridized carbons (Fsp3) is 0.500. The summed E-state index contributed by atoms with van der Waals surface area (Å²) in [6.07, 6.45) is 6.19. The summed E-state index contributed by atoms with van der Waals surface area (Å²) in [6, 6.07) is 0. The van der Waals surface area contributed by atoms with Crippen molar-refractivity contribution in [2.45, 2.75) is 32.6 Å². The highest BCUT2D eigenvalue weighted by molar-refractivity contribution is 6.01. The monoisotopic (exact) mass is 148 g/mol. The molecule has 0 aromatic carbocycles. The maximum atomic E-state index is 11.4. The van der Waals surface area contributed by atoms with Gasteiger partial charge in [-0.15, -0.1) is 0 Å². The summed E-state index contributed by atoms with van der Waals surface area (Å²) in [5.41, 5.74) is 3.67. The van der Waals surface area contributed by atoms with Crippen LogP contribution in [0.25, 0.3) is 0 Å². The summed E-state index contributed by atoms with van der Waals surface area (Å²) in [4.78, 5) is 11.4. The number of Topliss-reactive ketones (excluding diaryl/α,β-unsaturated/α-hetero) is 1. The molecule has 0 saturated carbocycles. The second-order valence-corrected chi connectivity index (χ2v) is 3.35. The third kappa shape index (κ3) is 0.953. The minimum absolute atomic E-state index is 0.373. The molecule has 58 valence electrons. The fourth-order valence-electron chi connectivity index (χ4n) is 1.99. The van der Waals surface area contributed by atoms with Gasteiger partial charge in [-0.2, -0.15) is 0 Å². The van der Waals surface area contributed by atoms with Gasteiger partial charge in [-0.3, -0.25) is 4.79 Å². The maximum absolute atomic E-state index is 11.4. The third-order valence-electron chi connectivity index (χ3n) is 2.56. The molecule has 2 aliphatic carbocycles. The van der Waals surface area contributed by atoms with Crippen LogP contribution in [0.15, 0.2) is 22.8 Å². The average molecular weight is 148 g/mol. The molecular weight excluding hydrogens is 136 g/mol. The summed E-state index contributed by atoms with van der Waals surface area (Å²) < 4.78 is 0. The molecule has 0 aliphatic heterocycles. The van der Waals surface area contributed by atoms with E-state index in [0.29, 0.717) is 5.78 Å². The van der Waals surface area contributed by atoms with E-state index in [1.54, 1.807) is 0 Å². The molecule has 0 unspecified atom stereocenters. The van der Waals surface area contributed by atoms with Crippen molar-refractivity contribution in [3.8, 4) is 0 Å². The van der Waals surface area contributed by atoms with Crippen molar-refractivity contribution in [1.82, 2.24) is 0 Å². The Morgan fingerprint density at radius 3 is 2.91 bits per heavy atom. The minimum Gasteiger partial charge on any atom is -0.294 e. The number of rotatable bonds is 0. The molecule has 0 spiro atoms. The van der Waals surface area contributed by atoms with E-state index in [9.17, 15) is 4.79 Å². The fourth-order valence-corrected chi connectivity index (χ4v) is 1.99. The van der Waals surface area contributed by atoms with E-state index in [1.807, 2.05) is 6.92 Å². The Labute approximate surface area is 66.8 Å². The highest BCUT2D eigenvalue weighted by Gasteiger charge is 2.23. The van der Waals surface area contributed by atoms with Gasteiger partial charge in [0.25, 0.3) is 0 Å². The number of carbonyl (C=O) groups excluding carboxylic acids is 1. The van der Waals surface area contributed by atoms with Gasteiger partial charge in [0.1, 0.15) is 0 Å². The van der Waals surface area contributed by atoms with Gasteiger partial charge in [0, 0.05) is 12.0 Å². The zero-order valence-corrected chi connectivity index (χ0v) is 6.81. The lowest BCUT2D eigenvalue weighted by Crippen LogP contribution is -2.09. The smallest absolute Gasteiger partial charge is 0.163 e. The van der Waals surface area contributed by atoms with Crippen LogP contribution in [0.5, 0.6) is 0 Å². The average Bonchev–Trinajstić information content (AvgIpc) is 2.34. The molecule has 0 atom stereocenters. The van der Waals surface area contributed by atoms with Gasteiger partial charge in [0.15, 0.2) is 5.78 Å². The molecule has 0 amide bonds. The van der Waals surface area contributed by atoms with E-state index in [1.165, 1.54) is 11.1 Å². The Balaban J connectivity index is 2.41. The molecular formula is C10H12O. The normalized spacial score (nSPS) is 23.7. The van der Waals surface area contributed by atoms with Gasteiger partial charge >= 0.3 is 0 Å². The van der Waals surface area contributed by atoms with Crippen molar-refractivity contribution in [3.63, 3.8) is 0 Å². The highest BCUT2D eigenvalue weighted by atomic mass is 16.1. The molecule has 0 fully saturated rings. The van der Waals surface area contributed by atoms with Crippen LogP contribution in [-0.4, -0.2) is 5.78 Å². The molecule has 0 aromatic heterocycles. The molecule has 11 heavy (non-hydrogen) atoms. The number of hydrogen-bond acceptors (Lipinski definition) is 1. The van der Waals surface area contributed by atoms with Crippen LogP contribution in [0.4, 0.5) is 0 Å². The van der Waals surface area contributed by atoms with E-state index in [-0.39, 0.29) is 0 Å². The first kappa shape index (κ1) is 6.84. The largest absolute Gasteiger partial charge is 0.294 e. The lowest BCUT2D eigenvalue weighted by molar-refractivity contribution is -0.115. The van der Waals surface area contributed by atoms with Crippen LogP contribution in [0.3, 0.4) is 0 Å². The molecule has 2 aliphatic rings. The number of carbonyl (C=O) groups is 1. The maximum Gasteiger partial charge on any atom is 0.163 e. The van der Waals surface area contributed by atoms with Gasteiger partial charge in [-0.05, 0) is 31.8 Å².